The number of fused-ring (bicyclic) bond motifs is 1. The molecule has 8 heteroatoms. The highest BCUT2D eigenvalue weighted by Gasteiger charge is 2.17. The van der Waals surface area contributed by atoms with Gasteiger partial charge >= 0.3 is 6.03 Å². The summed E-state index contributed by atoms with van der Waals surface area (Å²) in [6, 6.07) is 5.38. The average Bonchev–Trinajstić information content (AvgIpc) is 2.52. The van der Waals surface area contributed by atoms with Crippen LogP contribution in [0.3, 0.4) is 0 Å². The summed E-state index contributed by atoms with van der Waals surface area (Å²) in [5, 5.41) is 7.51. The van der Waals surface area contributed by atoms with Gasteiger partial charge in [-0.05, 0) is 17.7 Å². The van der Waals surface area contributed by atoms with Gasteiger partial charge in [-0.15, -0.1) is 0 Å². The molecule has 0 spiro atoms. The standard InChI is InChI=1S/C16H12F3N3O2/c17-10-4-12(18)11(13(19)5-10)7-20-15(23)8-1-2-9-6-21-16(24)22-14(9)3-8/h1-5H,6-7H2,(H,20,23)(H2,21,22,24). The number of amides is 3. The zero-order valence-electron chi connectivity index (χ0n) is 12.3. The molecule has 0 aromatic heterocycles. The number of carbonyl (C=O) groups excluding carboxylic acids is 2. The number of urea groups is 1. The first-order valence-electron chi connectivity index (χ1n) is 7.03. The minimum atomic E-state index is -1.07. The normalized spacial score (nSPS) is 12.9. The van der Waals surface area contributed by atoms with Gasteiger partial charge in [0.25, 0.3) is 5.91 Å². The summed E-state index contributed by atoms with van der Waals surface area (Å²) in [7, 11) is 0. The predicted molar refractivity (Wildman–Crippen MR) is 79.8 cm³/mol. The molecule has 0 atom stereocenters. The van der Waals surface area contributed by atoms with Crippen molar-refractivity contribution in [2.75, 3.05) is 5.32 Å². The molecule has 124 valence electrons. The van der Waals surface area contributed by atoms with E-state index in [9.17, 15) is 22.8 Å². The lowest BCUT2D eigenvalue weighted by Crippen LogP contribution is -2.33. The van der Waals surface area contributed by atoms with Crippen LogP contribution in [0.15, 0.2) is 30.3 Å². The molecule has 1 aliphatic rings. The first-order valence-corrected chi connectivity index (χ1v) is 7.03. The Labute approximate surface area is 134 Å². The van der Waals surface area contributed by atoms with Gasteiger partial charge in [0, 0.05) is 42.0 Å². The summed E-state index contributed by atoms with van der Waals surface area (Å²) in [4.78, 5) is 23.4. The van der Waals surface area contributed by atoms with E-state index in [2.05, 4.69) is 16.0 Å². The number of carbonyl (C=O) groups is 2. The molecular formula is C16H12F3N3O2. The maximum atomic E-state index is 13.5. The Morgan fingerprint density at radius 2 is 1.83 bits per heavy atom. The van der Waals surface area contributed by atoms with Crippen molar-refractivity contribution in [1.29, 1.82) is 0 Å². The van der Waals surface area contributed by atoms with E-state index in [1.165, 1.54) is 12.1 Å². The predicted octanol–water partition coefficient (Wildman–Crippen LogP) is 2.67. The van der Waals surface area contributed by atoms with Crippen molar-refractivity contribution >= 4 is 17.6 Å². The maximum absolute atomic E-state index is 13.5. The summed E-state index contributed by atoms with van der Waals surface area (Å²) in [5.41, 5.74) is 1.09. The molecule has 1 aliphatic heterocycles. The minimum absolute atomic E-state index is 0.221. The SMILES string of the molecule is O=C1NCc2ccc(C(=O)NCc3c(F)cc(F)cc3F)cc2N1. The largest absolute Gasteiger partial charge is 0.348 e. The zero-order chi connectivity index (χ0) is 17.3. The van der Waals surface area contributed by atoms with Gasteiger partial charge in [0.15, 0.2) is 0 Å². The van der Waals surface area contributed by atoms with Crippen molar-refractivity contribution in [1.82, 2.24) is 10.6 Å². The average molecular weight is 335 g/mol. The van der Waals surface area contributed by atoms with E-state index in [1.807, 2.05) is 0 Å². The Morgan fingerprint density at radius 1 is 1.12 bits per heavy atom. The lowest BCUT2D eigenvalue weighted by atomic mass is 10.1. The number of hydrogen-bond donors (Lipinski definition) is 3. The van der Waals surface area contributed by atoms with Crippen LogP contribution in [0.5, 0.6) is 0 Å². The molecule has 0 fully saturated rings. The number of hydrogen-bond acceptors (Lipinski definition) is 2. The Hall–Kier alpha value is -3.03. The van der Waals surface area contributed by atoms with Crippen LogP contribution in [-0.2, 0) is 13.1 Å². The third-order valence-electron chi connectivity index (χ3n) is 3.59. The fraction of sp³-hybridized carbons (Fsp3) is 0.125. The van der Waals surface area contributed by atoms with Crippen molar-refractivity contribution in [2.24, 2.45) is 0 Å². The van der Waals surface area contributed by atoms with Gasteiger partial charge in [-0.2, -0.15) is 0 Å². The van der Waals surface area contributed by atoms with E-state index >= 15 is 0 Å². The van der Waals surface area contributed by atoms with Crippen molar-refractivity contribution < 1.29 is 22.8 Å². The molecule has 3 N–H and O–H groups in total. The molecule has 0 saturated carbocycles. The number of rotatable bonds is 3. The summed E-state index contributed by atoms with van der Waals surface area (Å²) in [6.45, 7) is -0.0865. The third kappa shape index (κ3) is 3.17. The molecular weight excluding hydrogens is 323 g/mol. The zero-order valence-corrected chi connectivity index (χ0v) is 12.3. The second-order valence-corrected chi connectivity index (χ2v) is 5.21. The van der Waals surface area contributed by atoms with Gasteiger partial charge in [-0.25, -0.2) is 18.0 Å². The Kier molecular flexibility index (Phi) is 4.11. The van der Waals surface area contributed by atoms with Crippen LogP contribution in [0.25, 0.3) is 0 Å². The van der Waals surface area contributed by atoms with Crippen LogP contribution in [0.1, 0.15) is 21.5 Å². The van der Waals surface area contributed by atoms with Gasteiger partial charge in [0.05, 0.1) is 0 Å². The van der Waals surface area contributed by atoms with E-state index in [4.69, 9.17) is 0 Å². The van der Waals surface area contributed by atoms with Crippen molar-refractivity contribution in [3.8, 4) is 0 Å². The lowest BCUT2D eigenvalue weighted by molar-refractivity contribution is 0.0950. The molecule has 3 rings (SSSR count). The first kappa shape index (κ1) is 15.9. The molecule has 0 bridgehead atoms. The van der Waals surface area contributed by atoms with Gasteiger partial charge in [0.1, 0.15) is 17.5 Å². The smallest absolute Gasteiger partial charge is 0.319 e. The molecule has 3 amide bonds. The van der Waals surface area contributed by atoms with Gasteiger partial charge in [-0.1, -0.05) is 6.07 Å². The second-order valence-electron chi connectivity index (χ2n) is 5.21. The molecule has 1 heterocycles. The van der Waals surface area contributed by atoms with Gasteiger partial charge < -0.3 is 16.0 Å². The highest BCUT2D eigenvalue weighted by molar-refractivity contribution is 5.98. The van der Waals surface area contributed by atoms with Crippen LogP contribution < -0.4 is 16.0 Å². The van der Waals surface area contributed by atoms with Crippen LogP contribution in [0.2, 0.25) is 0 Å². The van der Waals surface area contributed by atoms with E-state index in [-0.39, 0.29) is 11.6 Å². The molecule has 0 radical (unpaired) electrons. The molecule has 5 nitrogen and oxygen atoms in total. The monoisotopic (exact) mass is 335 g/mol. The number of anilines is 1. The van der Waals surface area contributed by atoms with Gasteiger partial charge in [-0.3, -0.25) is 4.79 Å². The van der Waals surface area contributed by atoms with Gasteiger partial charge in [0.2, 0.25) is 0 Å². The van der Waals surface area contributed by atoms with E-state index < -0.39 is 35.5 Å². The summed E-state index contributed by atoms with van der Waals surface area (Å²) < 4.78 is 40.0. The molecule has 0 unspecified atom stereocenters. The topological polar surface area (TPSA) is 70.2 Å². The first-order chi connectivity index (χ1) is 11.4. The molecule has 24 heavy (non-hydrogen) atoms. The van der Waals surface area contributed by atoms with E-state index in [0.29, 0.717) is 24.4 Å². The minimum Gasteiger partial charge on any atom is -0.348 e. The number of halogens is 3. The van der Waals surface area contributed by atoms with Crippen LogP contribution >= 0.6 is 0 Å². The fourth-order valence-electron chi connectivity index (χ4n) is 2.34. The lowest BCUT2D eigenvalue weighted by Gasteiger charge is -2.18. The van der Waals surface area contributed by atoms with Crippen molar-refractivity contribution in [2.45, 2.75) is 13.1 Å². The maximum Gasteiger partial charge on any atom is 0.319 e. The summed E-state index contributed by atoms with van der Waals surface area (Å²) in [5.74, 6) is -3.75. The molecule has 2 aromatic rings. The van der Waals surface area contributed by atoms with Crippen LogP contribution in [0.4, 0.5) is 23.7 Å². The van der Waals surface area contributed by atoms with E-state index in [0.717, 1.165) is 5.56 Å². The summed E-state index contributed by atoms with van der Waals surface area (Å²) >= 11 is 0. The highest BCUT2D eigenvalue weighted by atomic mass is 19.1. The van der Waals surface area contributed by atoms with Crippen molar-refractivity contribution in [3.63, 3.8) is 0 Å². The van der Waals surface area contributed by atoms with Crippen molar-refractivity contribution in [3.05, 3.63) is 64.5 Å². The highest BCUT2D eigenvalue weighted by Crippen LogP contribution is 2.21. The number of nitrogens with one attached hydrogen (secondary N) is 3. The quantitative estimate of drug-likeness (QED) is 0.807. The van der Waals surface area contributed by atoms with Crippen LogP contribution in [0, 0.1) is 17.5 Å². The second kappa shape index (κ2) is 6.23. The third-order valence-corrected chi connectivity index (χ3v) is 3.59. The van der Waals surface area contributed by atoms with Crippen LogP contribution in [-0.4, -0.2) is 11.9 Å². The Balaban J connectivity index is 1.74. The molecule has 0 saturated heterocycles. The Bertz CT molecular complexity index is 816. The number of benzene rings is 2. The summed E-state index contributed by atoms with van der Waals surface area (Å²) in [6.07, 6.45) is 0. The molecule has 0 aliphatic carbocycles. The van der Waals surface area contributed by atoms with E-state index in [1.54, 1.807) is 6.07 Å². The fourth-order valence-corrected chi connectivity index (χ4v) is 2.34. The Morgan fingerprint density at radius 3 is 2.54 bits per heavy atom. The molecule has 2 aromatic carbocycles.